The second-order valence-electron chi connectivity index (χ2n) is 4.77. The van der Waals surface area contributed by atoms with Gasteiger partial charge in [-0.15, -0.1) is 0 Å². The maximum Gasteiger partial charge on any atom is 0.195 e. The Hall–Kier alpha value is -2.01. The number of aliphatic imine (C=N–C) groups is 1. The van der Waals surface area contributed by atoms with Gasteiger partial charge >= 0.3 is 0 Å². The van der Waals surface area contributed by atoms with Crippen LogP contribution >= 0.6 is 0 Å². The van der Waals surface area contributed by atoms with Gasteiger partial charge in [0.25, 0.3) is 0 Å². The van der Waals surface area contributed by atoms with E-state index in [1.807, 2.05) is 12.2 Å². The summed E-state index contributed by atoms with van der Waals surface area (Å²) in [6.45, 7) is 5.00. The minimum Gasteiger partial charge on any atom is -0.377 e. The van der Waals surface area contributed by atoms with Crippen LogP contribution in [0.5, 0.6) is 0 Å². The van der Waals surface area contributed by atoms with Gasteiger partial charge in [0, 0.05) is 16.7 Å². The number of carbonyl (C=O) groups is 1. The first-order chi connectivity index (χ1) is 9.22. The molecule has 3 rings (SSSR count). The monoisotopic (exact) mass is 257 g/mol. The first kappa shape index (κ1) is 12.0. The fourth-order valence-corrected chi connectivity index (χ4v) is 2.41. The van der Waals surface area contributed by atoms with Gasteiger partial charge in [0.05, 0.1) is 25.0 Å². The third-order valence-corrected chi connectivity index (χ3v) is 3.50. The predicted molar refractivity (Wildman–Crippen MR) is 73.2 cm³/mol. The van der Waals surface area contributed by atoms with Crippen LogP contribution in [0.2, 0.25) is 0 Å². The predicted octanol–water partition coefficient (Wildman–Crippen LogP) is 0.926. The molecule has 0 radical (unpaired) electrons. The lowest BCUT2D eigenvalue weighted by Crippen LogP contribution is -2.38. The second kappa shape index (κ2) is 4.59. The Morgan fingerprint density at radius 3 is 2.47 bits per heavy atom. The molecule has 3 aliphatic rings. The highest BCUT2D eigenvalue weighted by Gasteiger charge is 2.35. The number of nitrogens with zero attached hydrogens (tertiary/aromatic N) is 2. The van der Waals surface area contributed by atoms with Gasteiger partial charge in [-0.05, 0) is 12.8 Å². The maximum absolute atomic E-state index is 12.3. The van der Waals surface area contributed by atoms with Gasteiger partial charge in [-0.3, -0.25) is 9.79 Å². The van der Waals surface area contributed by atoms with E-state index in [-0.39, 0.29) is 11.8 Å². The van der Waals surface area contributed by atoms with Crippen LogP contribution < -0.4 is 5.84 Å². The largest absolute Gasteiger partial charge is 0.377 e. The molecule has 5 nitrogen and oxygen atoms in total. The molecule has 0 spiro atoms. The summed E-state index contributed by atoms with van der Waals surface area (Å²) >= 11 is 0. The van der Waals surface area contributed by atoms with Crippen LogP contribution in [0.3, 0.4) is 0 Å². The standard InChI is InChI=1S/C14H15N3O2/c1-8-12(16-9-6-19-7-9)13(17-15)10-4-2-3-5-11(10)14(8)18/h4-5,9H,1-3,6-7,15H2. The Bertz CT molecular complexity index is 577. The summed E-state index contributed by atoms with van der Waals surface area (Å²) < 4.78 is 5.10. The number of hydrazone groups is 1. The molecule has 2 aliphatic carbocycles. The van der Waals surface area contributed by atoms with Crippen molar-refractivity contribution in [3.05, 3.63) is 35.5 Å². The van der Waals surface area contributed by atoms with Gasteiger partial charge in [0.1, 0.15) is 5.71 Å². The Morgan fingerprint density at radius 2 is 1.89 bits per heavy atom. The Morgan fingerprint density at radius 1 is 1.21 bits per heavy atom. The number of rotatable bonds is 1. The lowest BCUT2D eigenvalue weighted by molar-refractivity contribution is -0.111. The van der Waals surface area contributed by atoms with Gasteiger partial charge < -0.3 is 10.6 Å². The molecule has 1 heterocycles. The Balaban J connectivity index is 2.07. The molecule has 2 N–H and O–H groups in total. The zero-order valence-corrected chi connectivity index (χ0v) is 10.6. The summed E-state index contributed by atoms with van der Waals surface area (Å²) in [5.41, 5.74) is 2.92. The normalized spacial score (nSPS) is 28.0. The third kappa shape index (κ3) is 1.86. The highest BCUT2D eigenvalue weighted by atomic mass is 16.5. The van der Waals surface area contributed by atoms with E-state index in [0.717, 1.165) is 18.4 Å². The minimum atomic E-state index is -0.0719. The average Bonchev–Trinajstić information content (AvgIpc) is 2.39. The minimum absolute atomic E-state index is 0.0719. The van der Waals surface area contributed by atoms with Crippen molar-refractivity contribution in [1.82, 2.24) is 0 Å². The van der Waals surface area contributed by atoms with Crippen LogP contribution in [-0.4, -0.2) is 36.5 Å². The molecule has 19 heavy (non-hydrogen) atoms. The molecule has 1 saturated carbocycles. The molecule has 0 aromatic rings. The molecule has 2 fully saturated rings. The smallest absolute Gasteiger partial charge is 0.195 e. The fourth-order valence-electron chi connectivity index (χ4n) is 2.41. The number of ketones is 1. The van der Waals surface area contributed by atoms with E-state index < -0.39 is 0 Å². The van der Waals surface area contributed by atoms with E-state index in [9.17, 15) is 4.79 Å². The average molecular weight is 257 g/mol. The van der Waals surface area contributed by atoms with Crippen molar-refractivity contribution >= 4 is 17.2 Å². The molecular formula is C14H15N3O2. The van der Waals surface area contributed by atoms with Crippen LogP contribution in [0, 0.1) is 0 Å². The summed E-state index contributed by atoms with van der Waals surface area (Å²) in [6, 6.07) is 0.0750. The molecule has 0 unspecified atom stereocenters. The van der Waals surface area contributed by atoms with E-state index in [4.69, 9.17) is 10.6 Å². The topological polar surface area (TPSA) is 77.0 Å². The van der Waals surface area contributed by atoms with Crippen LogP contribution in [0.25, 0.3) is 0 Å². The van der Waals surface area contributed by atoms with E-state index in [1.165, 1.54) is 0 Å². The molecule has 0 bridgehead atoms. The van der Waals surface area contributed by atoms with Gasteiger partial charge in [-0.25, -0.2) is 0 Å². The Labute approximate surface area is 111 Å². The first-order valence-electron chi connectivity index (χ1n) is 6.31. The number of hydrogen-bond acceptors (Lipinski definition) is 5. The molecule has 0 aromatic heterocycles. The van der Waals surface area contributed by atoms with Gasteiger partial charge in [-0.2, -0.15) is 5.10 Å². The lowest BCUT2D eigenvalue weighted by atomic mass is 9.79. The quantitative estimate of drug-likeness (QED) is 0.431. The summed E-state index contributed by atoms with van der Waals surface area (Å²) in [5, 5.41) is 3.83. The van der Waals surface area contributed by atoms with E-state index in [0.29, 0.717) is 35.8 Å². The van der Waals surface area contributed by atoms with Crippen molar-refractivity contribution in [3.8, 4) is 0 Å². The van der Waals surface area contributed by atoms with Crippen LogP contribution in [0.1, 0.15) is 12.8 Å². The van der Waals surface area contributed by atoms with Crippen LogP contribution in [-0.2, 0) is 9.53 Å². The number of hydrogen-bond donors (Lipinski definition) is 1. The van der Waals surface area contributed by atoms with E-state index >= 15 is 0 Å². The van der Waals surface area contributed by atoms with Crippen LogP contribution in [0.15, 0.2) is 45.5 Å². The summed E-state index contributed by atoms with van der Waals surface area (Å²) in [7, 11) is 0. The lowest BCUT2D eigenvalue weighted by Gasteiger charge is -2.28. The van der Waals surface area contributed by atoms with E-state index in [2.05, 4.69) is 16.7 Å². The number of allylic oxidation sites excluding steroid dienone is 5. The first-order valence-corrected chi connectivity index (χ1v) is 6.31. The van der Waals surface area contributed by atoms with Crippen molar-refractivity contribution in [2.24, 2.45) is 15.9 Å². The van der Waals surface area contributed by atoms with Crippen molar-refractivity contribution < 1.29 is 9.53 Å². The molecule has 98 valence electrons. The number of nitrogens with two attached hydrogens (primary N) is 1. The molecule has 0 amide bonds. The van der Waals surface area contributed by atoms with Gasteiger partial charge in [0.2, 0.25) is 0 Å². The molecule has 1 saturated heterocycles. The van der Waals surface area contributed by atoms with E-state index in [1.54, 1.807) is 0 Å². The summed E-state index contributed by atoms with van der Waals surface area (Å²) in [5.74, 6) is 5.43. The summed E-state index contributed by atoms with van der Waals surface area (Å²) in [4.78, 5) is 16.8. The highest BCUT2D eigenvalue weighted by Crippen LogP contribution is 2.30. The SMILES string of the molecule is C=C1C(=O)C2=CCCC=C2C(=NN)C1=NC1COC1. The number of ether oxygens (including phenoxy) is 1. The van der Waals surface area contributed by atoms with Crippen molar-refractivity contribution in [2.45, 2.75) is 18.9 Å². The van der Waals surface area contributed by atoms with Gasteiger partial charge in [-0.1, -0.05) is 18.7 Å². The molecular weight excluding hydrogens is 242 g/mol. The Kier molecular flexibility index (Phi) is 2.91. The molecule has 1 aliphatic heterocycles. The summed E-state index contributed by atoms with van der Waals surface area (Å²) in [6.07, 6.45) is 5.67. The van der Waals surface area contributed by atoms with Crippen LogP contribution in [0.4, 0.5) is 0 Å². The number of fused-ring (bicyclic) bond motifs is 1. The molecule has 0 aromatic carbocycles. The highest BCUT2D eigenvalue weighted by molar-refractivity contribution is 6.63. The third-order valence-electron chi connectivity index (χ3n) is 3.50. The van der Waals surface area contributed by atoms with Crippen molar-refractivity contribution in [1.29, 1.82) is 0 Å². The zero-order chi connectivity index (χ0) is 13.4. The number of carbonyl (C=O) groups excluding carboxylic acids is 1. The molecule has 0 atom stereocenters. The van der Waals surface area contributed by atoms with Crippen molar-refractivity contribution in [2.75, 3.05) is 13.2 Å². The van der Waals surface area contributed by atoms with Crippen molar-refractivity contribution in [3.63, 3.8) is 0 Å². The zero-order valence-electron chi connectivity index (χ0n) is 10.6. The number of Topliss-reactive ketones (excluding diaryl/α,β-unsaturated/α-hetero) is 1. The maximum atomic E-state index is 12.3. The van der Waals surface area contributed by atoms with Gasteiger partial charge in [0.15, 0.2) is 5.78 Å². The molecule has 5 heteroatoms. The second-order valence-corrected chi connectivity index (χ2v) is 4.77. The fraction of sp³-hybridized carbons (Fsp3) is 0.357.